The van der Waals surface area contributed by atoms with E-state index >= 15 is 0 Å². The highest BCUT2D eigenvalue weighted by Gasteiger charge is 2.40. The van der Waals surface area contributed by atoms with Crippen LogP contribution in [0, 0.1) is 5.92 Å². The van der Waals surface area contributed by atoms with Gasteiger partial charge in [-0.05, 0) is 31.6 Å². The Kier molecular flexibility index (Phi) is 7.67. The van der Waals surface area contributed by atoms with Crippen LogP contribution in [-0.4, -0.2) is 18.5 Å². The minimum absolute atomic E-state index is 0.358. The van der Waals surface area contributed by atoms with Gasteiger partial charge in [0, 0.05) is 13.5 Å². The molecule has 2 unspecified atom stereocenters. The molecular weight excluding hydrogens is 236 g/mol. The van der Waals surface area contributed by atoms with E-state index in [1.165, 1.54) is 38.5 Å². The number of unbranched alkanes of at least 4 members (excludes halogenated alkanes) is 5. The topological polar surface area (TPSA) is 26.3 Å². The summed E-state index contributed by atoms with van der Waals surface area (Å²) in [5, 5.41) is 0. The van der Waals surface area contributed by atoms with Gasteiger partial charge in [0.2, 0.25) is 0 Å². The highest BCUT2D eigenvalue weighted by molar-refractivity contribution is 5.87. The molecule has 1 fully saturated rings. The highest BCUT2D eigenvalue weighted by Crippen LogP contribution is 2.36. The zero-order valence-corrected chi connectivity index (χ0v) is 13.2. The number of hydrogen-bond acceptors (Lipinski definition) is 2. The molecule has 0 amide bonds. The van der Waals surface area contributed by atoms with Crippen molar-refractivity contribution in [3.63, 3.8) is 0 Å². The maximum atomic E-state index is 12.5. The number of carbonyl (C=O) groups excluding carboxylic acids is 1. The summed E-state index contributed by atoms with van der Waals surface area (Å²) in [6.45, 7) is 4.47. The summed E-state index contributed by atoms with van der Waals surface area (Å²) in [6, 6.07) is 0. The summed E-state index contributed by atoms with van der Waals surface area (Å²) in [5.74, 6) is 0.985. The SMILES string of the molecule is CCCCCCCCC(=O)C1(OC)CCCC(C)C1. The highest BCUT2D eigenvalue weighted by atomic mass is 16.5. The summed E-state index contributed by atoms with van der Waals surface area (Å²) in [7, 11) is 1.72. The van der Waals surface area contributed by atoms with Gasteiger partial charge in [-0.3, -0.25) is 4.79 Å². The second-order valence-electron chi connectivity index (χ2n) is 6.34. The van der Waals surface area contributed by atoms with Gasteiger partial charge in [0.25, 0.3) is 0 Å². The summed E-state index contributed by atoms with van der Waals surface area (Å²) in [6.07, 6.45) is 12.4. The maximum Gasteiger partial charge on any atom is 0.164 e. The van der Waals surface area contributed by atoms with Crippen LogP contribution in [0.3, 0.4) is 0 Å². The standard InChI is InChI=1S/C17H32O2/c1-4-5-6-7-8-9-12-16(18)17(19-3)13-10-11-15(2)14-17/h15H,4-14H2,1-3H3. The number of rotatable bonds is 9. The number of carbonyl (C=O) groups is 1. The van der Waals surface area contributed by atoms with Crippen molar-refractivity contribution in [1.29, 1.82) is 0 Å². The number of ether oxygens (including phenoxy) is 1. The summed E-state index contributed by atoms with van der Waals surface area (Å²) in [4.78, 5) is 12.5. The first-order valence-corrected chi connectivity index (χ1v) is 8.23. The van der Waals surface area contributed by atoms with Crippen LogP contribution < -0.4 is 0 Å². The Morgan fingerprint density at radius 1 is 1.21 bits per heavy atom. The molecule has 0 aliphatic heterocycles. The van der Waals surface area contributed by atoms with E-state index in [-0.39, 0.29) is 0 Å². The molecule has 1 rings (SSSR count). The fourth-order valence-corrected chi connectivity index (χ4v) is 3.35. The Hall–Kier alpha value is -0.370. The predicted octanol–water partition coefficient (Wildman–Crippen LogP) is 4.90. The zero-order valence-electron chi connectivity index (χ0n) is 13.2. The summed E-state index contributed by atoms with van der Waals surface area (Å²) < 4.78 is 5.66. The molecule has 112 valence electrons. The van der Waals surface area contributed by atoms with Crippen LogP contribution in [0.1, 0.15) is 84.5 Å². The molecule has 1 aliphatic rings. The summed E-state index contributed by atoms with van der Waals surface area (Å²) in [5.41, 5.74) is -0.443. The van der Waals surface area contributed by atoms with Crippen molar-refractivity contribution in [2.24, 2.45) is 5.92 Å². The Morgan fingerprint density at radius 3 is 2.53 bits per heavy atom. The van der Waals surface area contributed by atoms with Gasteiger partial charge in [-0.2, -0.15) is 0 Å². The van der Waals surface area contributed by atoms with Crippen LogP contribution in [0.2, 0.25) is 0 Å². The van der Waals surface area contributed by atoms with Crippen LogP contribution in [-0.2, 0) is 9.53 Å². The van der Waals surface area contributed by atoms with Gasteiger partial charge < -0.3 is 4.74 Å². The zero-order chi connectivity index (χ0) is 14.1. The Morgan fingerprint density at radius 2 is 1.89 bits per heavy atom. The molecule has 19 heavy (non-hydrogen) atoms. The Balaban J connectivity index is 2.29. The van der Waals surface area contributed by atoms with Crippen molar-refractivity contribution >= 4 is 5.78 Å². The number of Topliss-reactive ketones (excluding diaryl/α,β-unsaturated/α-hetero) is 1. The smallest absolute Gasteiger partial charge is 0.164 e. The molecule has 0 aromatic carbocycles. The molecule has 0 spiro atoms. The van der Waals surface area contributed by atoms with E-state index < -0.39 is 5.60 Å². The van der Waals surface area contributed by atoms with Crippen LogP contribution in [0.4, 0.5) is 0 Å². The van der Waals surface area contributed by atoms with Crippen molar-refractivity contribution in [2.75, 3.05) is 7.11 Å². The van der Waals surface area contributed by atoms with Gasteiger partial charge in [-0.25, -0.2) is 0 Å². The second-order valence-corrected chi connectivity index (χ2v) is 6.34. The lowest BCUT2D eigenvalue weighted by atomic mass is 9.75. The van der Waals surface area contributed by atoms with Crippen LogP contribution in [0.5, 0.6) is 0 Å². The van der Waals surface area contributed by atoms with Gasteiger partial charge in [-0.1, -0.05) is 52.4 Å². The van der Waals surface area contributed by atoms with Gasteiger partial charge >= 0.3 is 0 Å². The minimum atomic E-state index is -0.443. The van der Waals surface area contributed by atoms with Crippen molar-refractivity contribution < 1.29 is 9.53 Å². The molecule has 2 heteroatoms. The van der Waals surface area contributed by atoms with Crippen molar-refractivity contribution in [3.05, 3.63) is 0 Å². The van der Waals surface area contributed by atoms with Crippen LogP contribution in [0.15, 0.2) is 0 Å². The molecule has 0 aromatic rings. The molecule has 1 aliphatic carbocycles. The first-order chi connectivity index (χ1) is 9.14. The van der Waals surface area contributed by atoms with E-state index in [1.54, 1.807) is 7.11 Å². The average Bonchev–Trinajstić information content (AvgIpc) is 2.42. The lowest BCUT2D eigenvalue weighted by molar-refractivity contribution is -0.147. The minimum Gasteiger partial charge on any atom is -0.370 e. The molecule has 0 aromatic heterocycles. The monoisotopic (exact) mass is 268 g/mol. The van der Waals surface area contributed by atoms with E-state index in [4.69, 9.17) is 4.74 Å². The van der Waals surface area contributed by atoms with E-state index in [0.29, 0.717) is 18.1 Å². The fraction of sp³-hybridized carbons (Fsp3) is 0.941. The molecule has 0 radical (unpaired) electrons. The molecule has 0 N–H and O–H groups in total. The molecule has 0 heterocycles. The predicted molar refractivity (Wildman–Crippen MR) is 80.4 cm³/mol. The molecule has 0 bridgehead atoms. The first kappa shape index (κ1) is 16.7. The van der Waals surface area contributed by atoms with Crippen molar-refractivity contribution in [1.82, 2.24) is 0 Å². The van der Waals surface area contributed by atoms with Crippen molar-refractivity contribution in [3.8, 4) is 0 Å². The van der Waals surface area contributed by atoms with Crippen LogP contribution >= 0.6 is 0 Å². The van der Waals surface area contributed by atoms with Crippen molar-refractivity contribution in [2.45, 2.75) is 90.1 Å². The number of hydrogen-bond donors (Lipinski definition) is 0. The number of methoxy groups -OCH3 is 1. The number of ketones is 1. The molecule has 2 atom stereocenters. The van der Waals surface area contributed by atoms with Gasteiger partial charge in [-0.15, -0.1) is 0 Å². The van der Waals surface area contributed by atoms with Gasteiger partial charge in [0.15, 0.2) is 5.78 Å². The third-order valence-corrected chi connectivity index (χ3v) is 4.61. The average molecular weight is 268 g/mol. The molecule has 1 saturated carbocycles. The van der Waals surface area contributed by atoms with E-state index in [1.807, 2.05) is 0 Å². The maximum absolute atomic E-state index is 12.5. The lowest BCUT2D eigenvalue weighted by Crippen LogP contribution is -2.44. The molecule has 2 nitrogen and oxygen atoms in total. The third kappa shape index (κ3) is 5.25. The van der Waals surface area contributed by atoms with E-state index in [0.717, 1.165) is 25.7 Å². The molecule has 0 saturated heterocycles. The normalized spacial score (nSPS) is 27.4. The first-order valence-electron chi connectivity index (χ1n) is 8.23. The van der Waals surface area contributed by atoms with Gasteiger partial charge in [0.05, 0.1) is 0 Å². The molecular formula is C17H32O2. The summed E-state index contributed by atoms with van der Waals surface area (Å²) >= 11 is 0. The van der Waals surface area contributed by atoms with E-state index in [2.05, 4.69) is 13.8 Å². The largest absolute Gasteiger partial charge is 0.370 e. The van der Waals surface area contributed by atoms with E-state index in [9.17, 15) is 4.79 Å². The second kappa shape index (κ2) is 8.73. The quantitative estimate of drug-likeness (QED) is 0.556. The fourth-order valence-electron chi connectivity index (χ4n) is 3.35. The Bertz CT molecular complexity index is 262. The Labute approximate surface area is 119 Å². The third-order valence-electron chi connectivity index (χ3n) is 4.61. The van der Waals surface area contributed by atoms with Gasteiger partial charge in [0.1, 0.15) is 5.60 Å². The lowest BCUT2D eigenvalue weighted by Gasteiger charge is -2.37. The van der Waals surface area contributed by atoms with Crippen LogP contribution in [0.25, 0.3) is 0 Å².